The lowest BCUT2D eigenvalue weighted by Crippen LogP contribution is -2.48. The number of hydrogen-bond acceptors (Lipinski definition) is 7. The molecule has 0 aromatic heterocycles. The van der Waals surface area contributed by atoms with Crippen molar-refractivity contribution in [1.29, 1.82) is 5.26 Å². The Hall–Kier alpha value is -3.15. The molecule has 0 bridgehead atoms. The second-order valence-electron chi connectivity index (χ2n) is 5.86. The second-order valence-corrected chi connectivity index (χ2v) is 5.86. The standard InChI is InChI=1S/C16H17N3O6/c1-16(9-17,11-4-5-11)18-14(20)8-25-15(21)10-3-6-13(24-2)12(7-10)19(22)23/h3,6-7,11H,4-5,8H2,1-2H3,(H,18,20)/t16-/m0/s1. The van der Waals surface area contributed by atoms with Gasteiger partial charge in [-0.2, -0.15) is 5.26 Å². The van der Waals surface area contributed by atoms with Crippen LogP contribution in [0.25, 0.3) is 0 Å². The van der Waals surface area contributed by atoms with Crippen LogP contribution in [0.4, 0.5) is 5.69 Å². The fourth-order valence-corrected chi connectivity index (χ4v) is 2.38. The number of ether oxygens (including phenoxy) is 2. The predicted octanol–water partition coefficient (Wildman–Crippen LogP) is 1.57. The van der Waals surface area contributed by atoms with Crippen molar-refractivity contribution in [3.63, 3.8) is 0 Å². The van der Waals surface area contributed by atoms with Crippen molar-refractivity contribution in [2.45, 2.75) is 25.3 Å². The molecule has 0 saturated heterocycles. The van der Waals surface area contributed by atoms with Crippen LogP contribution in [0.5, 0.6) is 5.75 Å². The number of amides is 1. The largest absolute Gasteiger partial charge is 0.490 e. The van der Waals surface area contributed by atoms with Crippen LogP contribution in [-0.2, 0) is 9.53 Å². The first kappa shape index (κ1) is 18.2. The molecule has 0 heterocycles. The van der Waals surface area contributed by atoms with Crippen molar-refractivity contribution in [2.75, 3.05) is 13.7 Å². The number of nitriles is 1. The first-order valence-corrected chi connectivity index (χ1v) is 7.52. The molecule has 0 spiro atoms. The molecular weight excluding hydrogens is 330 g/mol. The molecule has 1 saturated carbocycles. The molecule has 1 atom stereocenters. The average molecular weight is 347 g/mol. The summed E-state index contributed by atoms with van der Waals surface area (Å²) in [5.74, 6) is -1.38. The quantitative estimate of drug-likeness (QED) is 0.450. The highest BCUT2D eigenvalue weighted by molar-refractivity contribution is 5.92. The van der Waals surface area contributed by atoms with Crippen LogP contribution in [-0.4, -0.2) is 36.1 Å². The van der Waals surface area contributed by atoms with Crippen molar-refractivity contribution < 1.29 is 24.0 Å². The fourth-order valence-electron chi connectivity index (χ4n) is 2.38. The van der Waals surface area contributed by atoms with E-state index in [2.05, 4.69) is 11.4 Å². The maximum Gasteiger partial charge on any atom is 0.338 e. The lowest BCUT2D eigenvalue weighted by Gasteiger charge is -2.22. The van der Waals surface area contributed by atoms with Gasteiger partial charge in [0.15, 0.2) is 12.4 Å². The number of nitro benzene ring substituents is 1. The Bertz CT molecular complexity index is 753. The molecule has 132 valence electrons. The van der Waals surface area contributed by atoms with Crippen LogP contribution in [0.3, 0.4) is 0 Å². The van der Waals surface area contributed by atoms with E-state index in [0.29, 0.717) is 0 Å². The third-order valence-electron chi connectivity index (χ3n) is 3.97. The summed E-state index contributed by atoms with van der Waals surface area (Å²) in [5.41, 5.74) is -1.44. The summed E-state index contributed by atoms with van der Waals surface area (Å²) in [7, 11) is 1.27. The summed E-state index contributed by atoms with van der Waals surface area (Å²) in [6, 6.07) is 5.65. The topological polar surface area (TPSA) is 132 Å². The minimum atomic E-state index is -0.984. The van der Waals surface area contributed by atoms with Crippen LogP contribution in [0.15, 0.2) is 18.2 Å². The maximum absolute atomic E-state index is 12.0. The molecule has 1 aliphatic carbocycles. The number of carbonyl (C=O) groups excluding carboxylic acids is 2. The van der Waals surface area contributed by atoms with E-state index in [4.69, 9.17) is 9.47 Å². The number of methoxy groups -OCH3 is 1. The van der Waals surface area contributed by atoms with Gasteiger partial charge in [0, 0.05) is 6.07 Å². The Morgan fingerprint density at radius 1 is 1.48 bits per heavy atom. The van der Waals surface area contributed by atoms with E-state index in [1.165, 1.54) is 19.2 Å². The van der Waals surface area contributed by atoms with Gasteiger partial charge < -0.3 is 14.8 Å². The van der Waals surface area contributed by atoms with E-state index in [1.54, 1.807) is 6.92 Å². The molecule has 1 fully saturated rings. The third kappa shape index (κ3) is 4.23. The number of hydrogen-bond donors (Lipinski definition) is 1. The molecule has 25 heavy (non-hydrogen) atoms. The van der Waals surface area contributed by atoms with E-state index in [0.717, 1.165) is 18.9 Å². The Morgan fingerprint density at radius 3 is 2.68 bits per heavy atom. The van der Waals surface area contributed by atoms with Crippen LogP contribution in [0, 0.1) is 27.4 Å². The summed E-state index contributed by atoms with van der Waals surface area (Å²) >= 11 is 0. The maximum atomic E-state index is 12.0. The lowest BCUT2D eigenvalue weighted by atomic mass is 9.98. The number of nitro groups is 1. The van der Waals surface area contributed by atoms with Crippen LogP contribution < -0.4 is 10.1 Å². The van der Waals surface area contributed by atoms with E-state index >= 15 is 0 Å². The van der Waals surface area contributed by atoms with Crippen molar-refractivity contribution >= 4 is 17.6 Å². The van der Waals surface area contributed by atoms with Gasteiger partial charge in [0.2, 0.25) is 0 Å². The molecule has 0 radical (unpaired) electrons. The molecule has 9 nitrogen and oxygen atoms in total. The summed E-state index contributed by atoms with van der Waals surface area (Å²) < 4.78 is 9.71. The van der Waals surface area contributed by atoms with Gasteiger partial charge in [0.1, 0.15) is 5.54 Å². The molecule has 0 unspecified atom stereocenters. The third-order valence-corrected chi connectivity index (χ3v) is 3.97. The lowest BCUT2D eigenvalue weighted by molar-refractivity contribution is -0.385. The molecule has 1 N–H and O–H groups in total. The monoisotopic (exact) mass is 347 g/mol. The summed E-state index contributed by atoms with van der Waals surface area (Å²) in [6.45, 7) is 1.04. The number of rotatable bonds is 7. The highest BCUT2D eigenvalue weighted by Gasteiger charge is 2.43. The van der Waals surface area contributed by atoms with Gasteiger partial charge in [0.25, 0.3) is 5.91 Å². The zero-order valence-corrected chi connectivity index (χ0v) is 13.8. The van der Waals surface area contributed by atoms with E-state index in [1.807, 2.05) is 0 Å². The van der Waals surface area contributed by atoms with Gasteiger partial charge in [-0.1, -0.05) is 0 Å². The van der Waals surface area contributed by atoms with Crippen molar-refractivity contribution in [1.82, 2.24) is 5.32 Å². The molecule has 0 aliphatic heterocycles. The number of benzene rings is 1. The Balaban J connectivity index is 1.98. The number of nitrogens with zero attached hydrogens (tertiary/aromatic N) is 2. The molecule has 1 aliphatic rings. The molecule has 1 aromatic carbocycles. The van der Waals surface area contributed by atoms with Crippen LogP contribution in [0.2, 0.25) is 0 Å². The molecular formula is C16H17N3O6. The predicted molar refractivity (Wildman–Crippen MR) is 84.8 cm³/mol. The molecule has 9 heteroatoms. The van der Waals surface area contributed by atoms with Gasteiger partial charge in [-0.15, -0.1) is 0 Å². The summed E-state index contributed by atoms with van der Waals surface area (Å²) in [4.78, 5) is 34.1. The minimum Gasteiger partial charge on any atom is -0.490 e. The summed E-state index contributed by atoms with van der Waals surface area (Å²) in [6.07, 6.45) is 1.72. The fraction of sp³-hybridized carbons (Fsp3) is 0.438. The molecule has 2 rings (SSSR count). The SMILES string of the molecule is COc1ccc(C(=O)OCC(=O)N[C@@](C)(C#N)C2CC2)cc1[N+](=O)[O-]. The highest BCUT2D eigenvalue weighted by atomic mass is 16.6. The normalized spacial score (nSPS) is 15.4. The number of esters is 1. The molecule has 1 aromatic rings. The smallest absolute Gasteiger partial charge is 0.338 e. The van der Waals surface area contributed by atoms with Crippen LogP contribution in [0.1, 0.15) is 30.1 Å². The summed E-state index contributed by atoms with van der Waals surface area (Å²) in [5, 5.41) is 22.7. The van der Waals surface area contributed by atoms with E-state index in [-0.39, 0.29) is 22.9 Å². The van der Waals surface area contributed by atoms with Gasteiger partial charge in [-0.05, 0) is 37.8 Å². The number of carbonyl (C=O) groups is 2. The van der Waals surface area contributed by atoms with Gasteiger partial charge in [0.05, 0.1) is 23.7 Å². The zero-order chi connectivity index (χ0) is 18.6. The highest BCUT2D eigenvalue weighted by Crippen LogP contribution is 2.39. The van der Waals surface area contributed by atoms with E-state index < -0.39 is 28.9 Å². The first-order valence-electron chi connectivity index (χ1n) is 7.52. The van der Waals surface area contributed by atoms with Crippen molar-refractivity contribution in [3.05, 3.63) is 33.9 Å². The van der Waals surface area contributed by atoms with Crippen LogP contribution >= 0.6 is 0 Å². The van der Waals surface area contributed by atoms with E-state index in [9.17, 15) is 25.0 Å². The Morgan fingerprint density at radius 2 is 2.16 bits per heavy atom. The Kier molecular flexibility index (Phi) is 5.22. The zero-order valence-electron chi connectivity index (χ0n) is 13.8. The second kappa shape index (κ2) is 7.17. The van der Waals surface area contributed by atoms with Crippen molar-refractivity contribution in [3.8, 4) is 11.8 Å². The molecule has 1 amide bonds. The first-order chi connectivity index (χ1) is 11.8. The van der Waals surface area contributed by atoms with Crippen molar-refractivity contribution in [2.24, 2.45) is 5.92 Å². The van der Waals surface area contributed by atoms with Gasteiger partial charge >= 0.3 is 11.7 Å². The van der Waals surface area contributed by atoms with Gasteiger partial charge in [-0.25, -0.2) is 4.79 Å². The average Bonchev–Trinajstić information content (AvgIpc) is 3.44. The number of nitrogens with one attached hydrogen (secondary N) is 1. The van der Waals surface area contributed by atoms with Gasteiger partial charge in [-0.3, -0.25) is 14.9 Å². The Labute approximate surface area is 143 Å². The minimum absolute atomic E-state index is 0.00788.